The van der Waals surface area contributed by atoms with E-state index in [1.807, 2.05) is 27.3 Å². The summed E-state index contributed by atoms with van der Waals surface area (Å²) in [6, 6.07) is 8.25. The van der Waals surface area contributed by atoms with Gasteiger partial charge in [0.05, 0.1) is 3.57 Å². The predicted octanol–water partition coefficient (Wildman–Crippen LogP) is 2.90. The first-order chi connectivity index (χ1) is 11.7. The van der Waals surface area contributed by atoms with E-state index >= 15 is 0 Å². The summed E-state index contributed by atoms with van der Waals surface area (Å²) in [6.07, 6.45) is 0.709. The second-order valence-corrected chi connectivity index (χ2v) is 8.63. The van der Waals surface area contributed by atoms with Gasteiger partial charge in [0.25, 0.3) is 15.9 Å². The van der Waals surface area contributed by atoms with Crippen molar-refractivity contribution in [3.05, 3.63) is 50.9 Å². The summed E-state index contributed by atoms with van der Waals surface area (Å²) < 4.78 is 45.9. The van der Waals surface area contributed by atoms with Crippen molar-refractivity contribution in [1.82, 2.24) is 9.71 Å². The molecule has 132 valence electrons. The summed E-state index contributed by atoms with van der Waals surface area (Å²) in [5.74, 6) is -1.39. The summed E-state index contributed by atoms with van der Waals surface area (Å²) in [5, 5.41) is -0.141. The molecule has 6 nitrogen and oxygen atoms in total. The van der Waals surface area contributed by atoms with Gasteiger partial charge in [0, 0.05) is 17.9 Å². The lowest BCUT2D eigenvalue weighted by molar-refractivity contribution is -0.128. The zero-order chi connectivity index (χ0) is 18.2. The molecule has 1 aliphatic rings. The number of rotatable bonds is 5. The van der Waals surface area contributed by atoms with E-state index in [2.05, 4.69) is 4.98 Å². The summed E-state index contributed by atoms with van der Waals surface area (Å²) in [5.41, 5.74) is -1.29. The van der Waals surface area contributed by atoms with E-state index < -0.39 is 32.5 Å². The van der Waals surface area contributed by atoms with E-state index in [4.69, 9.17) is 16.3 Å². The molecule has 1 N–H and O–H groups in total. The fourth-order valence-corrected chi connectivity index (χ4v) is 3.67. The van der Waals surface area contributed by atoms with Gasteiger partial charge in [0.2, 0.25) is 5.95 Å². The number of benzene rings is 1. The molecule has 0 aliphatic heterocycles. The van der Waals surface area contributed by atoms with Gasteiger partial charge in [-0.25, -0.2) is 9.71 Å². The van der Waals surface area contributed by atoms with Crippen LogP contribution in [0.4, 0.5) is 4.39 Å². The lowest BCUT2D eigenvalue weighted by Gasteiger charge is -2.18. The molecular weight excluding hydrogens is 486 g/mol. The van der Waals surface area contributed by atoms with Gasteiger partial charge in [-0.3, -0.25) is 4.79 Å². The Hall–Kier alpha value is -1.46. The van der Waals surface area contributed by atoms with Crippen molar-refractivity contribution in [3.63, 3.8) is 0 Å². The topological polar surface area (TPSA) is 85.4 Å². The van der Waals surface area contributed by atoms with Gasteiger partial charge >= 0.3 is 0 Å². The van der Waals surface area contributed by atoms with Crippen molar-refractivity contribution in [3.8, 4) is 5.75 Å². The highest BCUT2D eigenvalue weighted by molar-refractivity contribution is 14.1. The number of amides is 1. The van der Waals surface area contributed by atoms with Crippen LogP contribution in [0.1, 0.15) is 12.8 Å². The molecule has 1 heterocycles. The van der Waals surface area contributed by atoms with E-state index in [9.17, 15) is 17.6 Å². The standard InChI is InChI=1S/C15H11ClFIN2O4S/c16-9-4-5-10(18)11(8-9)24-15(6-7-15)14(21)20-25(22,23)13-3-1-2-12(17)19-13/h1-5,8H,6-7H2,(H,20,21). The summed E-state index contributed by atoms with van der Waals surface area (Å²) in [6.45, 7) is 0. The summed E-state index contributed by atoms with van der Waals surface area (Å²) in [4.78, 5) is 15.7. The van der Waals surface area contributed by atoms with Crippen molar-refractivity contribution in [2.45, 2.75) is 23.5 Å². The molecule has 1 fully saturated rings. The molecule has 1 aromatic carbocycles. The minimum Gasteiger partial charge on any atom is -0.476 e. The van der Waals surface area contributed by atoms with Crippen LogP contribution in [-0.4, -0.2) is 24.9 Å². The Balaban J connectivity index is 1.80. The van der Waals surface area contributed by atoms with Crippen LogP contribution in [0.25, 0.3) is 0 Å². The Labute approximate surface area is 161 Å². The molecule has 0 saturated heterocycles. The number of aromatic nitrogens is 1. The molecule has 1 aliphatic carbocycles. The number of nitrogens with one attached hydrogen (secondary N) is 1. The fourth-order valence-electron chi connectivity index (χ4n) is 2.06. The molecule has 0 bridgehead atoms. The van der Waals surface area contributed by atoms with Crippen LogP contribution in [0.5, 0.6) is 5.75 Å². The van der Waals surface area contributed by atoms with E-state index in [1.165, 1.54) is 6.07 Å². The van der Waals surface area contributed by atoms with Gasteiger partial charge in [-0.2, -0.15) is 12.8 Å². The molecule has 0 radical (unpaired) electrons. The van der Waals surface area contributed by atoms with Crippen molar-refractivity contribution in [2.75, 3.05) is 0 Å². The van der Waals surface area contributed by atoms with Gasteiger partial charge in [-0.05, 0) is 52.9 Å². The highest BCUT2D eigenvalue weighted by atomic mass is 127. The second-order valence-electron chi connectivity index (χ2n) is 5.40. The van der Waals surface area contributed by atoms with Crippen LogP contribution in [0.3, 0.4) is 0 Å². The maximum Gasteiger partial charge on any atom is 0.281 e. The Kier molecular flexibility index (Phi) is 4.91. The maximum absolute atomic E-state index is 13.1. The smallest absolute Gasteiger partial charge is 0.281 e. The van der Waals surface area contributed by atoms with Crippen molar-refractivity contribution < 1.29 is 22.3 Å². The number of hydrogen-bond donors (Lipinski definition) is 1. The number of halogens is 3. The first kappa shape index (κ1) is 18.3. The first-order valence-corrected chi connectivity index (χ1v) is 10.00. The number of ether oxygens (including phenoxy) is 1. The number of nitrogens with zero attached hydrogens (tertiary/aromatic N) is 1. The third-order valence-corrected chi connectivity index (χ3v) is 5.87. The second kappa shape index (κ2) is 6.69. The number of carbonyl (C=O) groups is 1. The van der Waals surface area contributed by atoms with E-state index in [0.29, 0.717) is 23.6 Å². The van der Waals surface area contributed by atoms with Crippen molar-refractivity contribution in [2.24, 2.45) is 0 Å². The van der Waals surface area contributed by atoms with Crippen molar-refractivity contribution in [1.29, 1.82) is 0 Å². The molecule has 1 saturated carbocycles. The lowest BCUT2D eigenvalue weighted by Crippen LogP contribution is -2.43. The molecule has 2 aromatic rings. The van der Waals surface area contributed by atoms with Crippen LogP contribution in [0, 0.1) is 9.52 Å². The first-order valence-electron chi connectivity index (χ1n) is 7.06. The van der Waals surface area contributed by atoms with Crippen LogP contribution in [0.2, 0.25) is 5.02 Å². The van der Waals surface area contributed by atoms with Crippen LogP contribution >= 0.6 is 34.2 Å². The molecule has 0 atom stereocenters. The Morgan fingerprint density at radius 2 is 2.04 bits per heavy atom. The average molecular weight is 497 g/mol. The summed E-state index contributed by atoms with van der Waals surface area (Å²) in [7, 11) is -4.29. The number of hydrogen-bond acceptors (Lipinski definition) is 5. The van der Waals surface area contributed by atoms with Crippen LogP contribution in [0.15, 0.2) is 41.4 Å². The zero-order valence-corrected chi connectivity index (χ0v) is 16.2. The minimum absolute atomic E-state index is 0.355. The molecule has 25 heavy (non-hydrogen) atoms. The number of carbonyl (C=O) groups excluding carboxylic acids is 1. The van der Waals surface area contributed by atoms with Gasteiger partial charge in [-0.1, -0.05) is 17.7 Å². The predicted molar refractivity (Wildman–Crippen MR) is 96.3 cm³/mol. The Morgan fingerprint density at radius 3 is 2.68 bits per heavy atom. The molecular formula is C15H11ClFIN2O4S. The van der Waals surface area contributed by atoms with Crippen LogP contribution in [-0.2, 0) is 14.8 Å². The van der Waals surface area contributed by atoms with Gasteiger partial charge in [0.15, 0.2) is 10.6 Å². The third kappa shape index (κ3) is 4.04. The molecule has 1 aromatic heterocycles. The monoisotopic (exact) mass is 496 g/mol. The van der Waals surface area contributed by atoms with Crippen molar-refractivity contribution >= 4 is 50.1 Å². The minimum atomic E-state index is -4.29. The highest BCUT2D eigenvalue weighted by Crippen LogP contribution is 2.42. The van der Waals surface area contributed by atoms with E-state index in [1.54, 1.807) is 18.2 Å². The molecule has 1 amide bonds. The summed E-state index contributed by atoms with van der Waals surface area (Å²) >= 11 is 7.95. The zero-order valence-electron chi connectivity index (χ0n) is 12.5. The van der Waals surface area contributed by atoms with E-state index in [-0.39, 0.29) is 0 Å². The quantitative estimate of drug-likeness (QED) is 0.508. The molecule has 0 unspecified atom stereocenters. The lowest BCUT2D eigenvalue weighted by atomic mass is 10.3. The Bertz CT molecular complexity index is 950. The number of sulfonamides is 1. The number of pyridine rings is 1. The molecule has 10 heteroatoms. The molecule has 3 rings (SSSR count). The van der Waals surface area contributed by atoms with Gasteiger partial charge < -0.3 is 4.74 Å². The van der Waals surface area contributed by atoms with Gasteiger partial charge in [0.1, 0.15) is 5.75 Å². The SMILES string of the molecule is O=C(NS(=O)(=O)c1cccc(F)n1)C1(Oc2cc(Cl)ccc2I)CC1. The third-order valence-electron chi connectivity index (χ3n) is 3.51. The normalized spacial score (nSPS) is 15.5. The highest BCUT2D eigenvalue weighted by Gasteiger charge is 2.54. The fraction of sp³-hybridized carbons (Fsp3) is 0.200. The van der Waals surface area contributed by atoms with Crippen LogP contribution < -0.4 is 9.46 Å². The van der Waals surface area contributed by atoms with Gasteiger partial charge in [-0.15, -0.1) is 0 Å². The maximum atomic E-state index is 13.1. The Morgan fingerprint density at radius 1 is 1.32 bits per heavy atom. The molecule has 0 spiro atoms. The average Bonchev–Trinajstić information content (AvgIpc) is 3.31. The van der Waals surface area contributed by atoms with E-state index in [0.717, 1.165) is 15.7 Å². The largest absolute Gasteiger partial charge is 0.476 e.